The molecule has 0 spiro atoms. The van der Waals surface area contributed by atoms with Crippen molar-refractivity contribution in [1.82, 2.24) is 20.2 Å². The van der Waals surface area contributed by atoms with Crippen molar-refractivity contribution in [1.29, 1.82) is 0 Å². The van der Waals surface area contributed by atoms with Gasteiger partial charge in [0.1, 0.15) is 11.5 Å². The van der Waals surface area contributed by atoms with Gasteiger partial charge >= 0.3 is 0 Å². The lowest BCUT2D eigenvalue weighted by atomic mass is 10.1. The number of hydrogen-bond donors (Lipinski definition) is 1. The van der Waals surface area contributed by atoms with Gasteiger partial charge in [0.15, 0.2) is 9.84 Å². The fourth-order valence-corrected chi connectivity index (χ4v) is 2.86. The number of anilines is 1. The van der Waals surface area contributed by atoms with Crippen molar-refractivity contribution in [2.75, 3.05) is 11.6 Å². The number of nitrogens with one attached hydrogen (secondary N) is 1. The van der Waals surface area contributed by atoms with Crippen LogP contribution in [0.25, 0.3) is 11.3 Å². The Morgan fingerprint density at radius 2 is 1.81 bits per heavy atom. The van der Waals surface area contributed by atoms with Gasteiger partial charge < -0.3 is 5.32 Å². The minimum atomic E-state index is -3.36. The molecule has 7 nitrogen and oxygen atoms in total. The number of pyridine rings is 1. The van der Waals surface area contributed by atoms with Gasteiger partial charge in [-0.2, -0.15) is 0 Å². The maximum Gasteiger partial charge on any atom is 0.243 e. The lowest BCUT2D eigenvalue weighted by Gasteiger charge is -2.13. The van der Waals surface area contributed by atoms with Crippen molar-refractivity contribution in [2.24, 2.45) is 0 Å². The summed E-state index contributed by atoms with van der Waals surface area (Å²) in [6, 6.07) is 7.46. The van der Waals surface area contributed by atoms with Gasteiger partial charge in [-0.05, 0) is 30.7 Å². The van der Waals surface area contributed by atoms with Gasteiger partial charge in [0.25, 0.3) is 0 Å². The van der Waals surface area contributed by atoms with Crippen LogP contribution in [0.4, 0.5) is 10.3 Å². The molecule has 0 saturated heterocycles. The zero-order valence-electron chi connectivity index (χ0n) is 14.1. The molecule has 0 bridgehead atoms. The van der Waals surface area contributed by atoms with Crippen molar-refractivity contribution in [2.45, 2.75) is 17.9 Å². The van der Waals surface area contributed by atoms with Crippen molar-refractivity contribution in [3.63, 3.8) is 0 Å². The Balaban J connectivity index is 1.77. The molecule has 0 radical (unpaired) electrons. The molecule has 0 amide bonds. The normalized spacial score (nSPS) is 12.6. The molecule has 0 aliphatic heterocycles. The third-order valence-electron chi connectivity index (χ3n) is 3.71. The second kappa shape index (κ2) is 7.12. The zero-order valence-corrected chi connectivity index (χ0v) is 14.9. The largest absolute Gasteiger partial charge is 0.346 e. The lowest BCUT2D eigenvalue weighted by Crippen LogP contribution is -2.10. The SMILES string of the molecule is C[C@@H](Nc1ncc(-c2cncc(S(C)(=O)=O)c2)nn1)c1ccc(F)cc1. The molecule has 1 N–H and O–H groups in total. The third-order valence-corrected chi connectivity index (χ3v) is 4.79. The summed E-state index contributed by atoms with van der Waals surface area (Å²) >= 11 is 0. The highest BCUT2D eigenvalue weighted by Crippen LogP contribution is 2.20. The first kappa shape index (κ1) is 17.9. The number of hydrogen-bond acceptors (Lipinski definition) is 7. The fourth-order valence-electron chi connectivity index (χ4n) is 2.26. The molecule has 3 rings (SSSR count). The van der Waals surface area contributed by atoms with E-state index in [2.05, 4.69) is 25.5 Å². The van der Waals surface area contributed by atoms with Crippen LogP contribution in [0, 0.1) is 5.82 Å². The molecular formula is C17H16FN5O2S. The first-order valence-electron chi connectivity index (χ1n) is 7.70. The average molecular weight is 373 g/mol. The maximum atomic E-state index is 13.0. The molecule has 0 fully saturated rings. The number of halogens is 1. The third kappa shape index (κ3) is 4.17. The molecule has 0 unspecified atom stereocenters. The van der Waals surface area contributed by atoms with Gasteiger partial charge in [0, 0.05) is 24.2 Å². The van der Waals surface area contributed by atoms with Crippen LogP contribution >= 0.6 is 0 Å². The van der Waals surface area contributed by atoms with E-state index in [4.69, 9.17) is 0 Å². The standard InChI is InChI=1S/C17H16FN5O2S/c1-11(12-3-5-14(18)6-4-12)21-17-20-10-16(22-23-17)13-7-15(9-19-8-13)26(2,24)25/h3-11H,1-2H3,(H,20,21,23)/t11-/m1/s1. The molecule has 0 aliphatic carbocycles. The van der Waals surface area contributed by atoms with E-state index >= 15 is 0 Å². The van der Waals surface area contributed by atoms with E-state index in [9.17, 15) is 12.8 Å². The summed E-state index contributed by atoms with van der Waals surface area (Å²) in [5.41, 5.74) is 1.79. The van der Waals surface area contributed by atoms with Crippen molar-refractivity contribution >= 4 is 15.8 Å². The highest BCUT2D eigenvalue weighted by molar-refractivity contribution is 7.90. The van der Waals surface area contributed by atoms with Crippen LogP contribution in [0.15, 0.2) is 53.8 Å². The van der Waals surface area contributed by atoms with E-state index in [1.165, 1.54) is 36.8 Å². The Morgan fingerprint density at radius 3 is 2.42 bits per heavy atom. The van der Waals surface area contributed by atoms with Gasteiger partial charge in [-0.3, -0.25) is 4.98 Å². The Kier molecular flexibility index (Phi) is 4.90. The van der Waals surface area contributed by atoms with E-state index in [0.29, 0.717) is 17.2 Å². The molecule has 134 valence electrons. The molecule has 1 atom stereocenters. The lowest BCUT2D eigenvalue weighted by molar-refractivity contribution is 0.601. The second-order valence-corrected chi connectivity index (χ2v) is 7.78. The number of aromatic nitrogens is 4. The highest BCUT2D eigenvalue weighted by Gasteiger charge is 2.12. The van der Waals surface area contributed by atoms with Crippen molar-refractivity contribution in [3.05, 3.63) is 60.3 Å². The number of rotatable bonds is 5. The molecule has 26 heavy (non-hydrogen) atoms. The minimum absolute atomic E-state index is 0.101. The van der Waals surface area contributed by atoms with E-state index in [1.807, 2.05) is 6.92 Å². The van der Waals surface area contributed by atoms with Gasteiger partial charge in [-0.25, -0.2) is 17.8 Å². The van der Waals surface area contributed by atoms with E-state index in [-0.39, 0.29) is 16.8 Å². The first-order chi connectivity index (χ1) is 12.3. The van der Waals surface area contributed by atoms with Crippen LogP contribution in [0.5, 0.6) is 0 Å². The Bertz CT molecular complexity index is 1010. The van der Waals surface area contributed by atoms with Gasteiger partial charge in [-0.15, -0.1) is 10.2 Å². The monoisotopic (exact) mass is 373 g/mol. The molecule has 0 saturated carbocycles. The maximum absolute atomic E-state index is 13.0. The Morgan fingerprint density at radius 1 is 1.08 bits per heavy atom. The average Bonchev–Trinajstić information content (AvgIpc) is 2.62. The molecular weight excluding hydrogens is 357 g/mol. The van der Waals surface area contributed by atoms with E-state index < -0.39 is 9.84 Å². The summed E-state index contributed by atoms with van der Waals surface area (Å²) in [7, 11) is -3.36. The second-order valence-electron chi connectivity index (χ2n) is 5.77. The summed E-state index contributed by atoms with van der Waals surface area (Å²) in [5.74, 6) is 0.00551. The fraction of sp³-hybridized carbons (Fsp3) is 0.176. The Hall–Kier alpha value is -2.94. The first-order valence-corrected chi connectivity index (χ1v) is 9.59. The zero-order chi connectivity index (χ0) is 18.7. The van der Waals surface area contributed by atoms with Gasteiger partial charge in [0.2, 0.25) is 5.95 Å². The highest BCUT2D eigenvalue weighted by atomic mass is 32.2. The molecule has 2 aromatic heterocycles. The summed E-state index contributed by atoms with van der Waals surface area (Å²) < 4.78 is 36.2. The summed E-state index contributed by atoms with van der Waals surface area (Å²) in [5, 5.41) is 11.1. The molecule has 3 aromatic rings. The van der Waals surface area contributed by atoms with Crippen LogP contribution in [-0.4, -0.2) is 34.8 Å². The minimum Gasteiger partial charge on any atom is -0.346 e. The molecule has 0 aliphatic rings. The predicted octanol–water partition coefficient (Wildman–Crippen LogP) is 2.65. The molecule has 2 heterocycles. The summed E-state index contributed by atoms with van der Waals surface area (Å²) in [6.07, 6.45) is 5.37. The van der Waals surface area contributed by atoms with Crippen LogP contribution < -0.4 is 5.32 Å². The summed E-state index contributed by atoms with van der Waals surface area (Å²) in [4.78, 5) is 8.22. The quantitative estimate of drug-likeness (QED) is 0.734. The van der Waals surface area contributed by atoms with Crippen molar-refractivity contribution < 1.29 is 12.8 Å². The van der Waals surface area contributed by atoms with E-state index in [0.717, 1.165) is 11.8 Å². The van der Waals surface area contributed by atoms with Crippen LogP contribution in [0.2, 0.25) is 0 Å². The van der Waals surface area contributed by atoms with Crippen LogP contribution in [-0.2, 0) is 9.84 Å². The van der Waals surface area contributed by atoms with Gasteiger partial charge in [0.05, 0.1) is 17.1 Å². The van der Waals surface area contributed by atoms with Gasteiger partial charge in [-0.1, -0.05) is 12.1 Å². The van der Waals surface area contributed by atoms with E-state index in [1.54, 1.807) is 12.1 Å². The molecule has 9 heteroatoms. The Labute approximate surface area is 150 Å². The predicted molar refractivity (Wildman–Crippen MR) is 94.6 cm³/mol. The van der Waals surface area contributed by atoms with Crippen LogP contribution in [0.3, 0.4) is 0 Å². The molecule has 1 aromatic carbocycles. The van der Waals surface area contributed by atoms with Crippen molar-refractivity contribution in [3.8, 4) is 11.3 Å². The summed E-state index contributed by atoms with van der Waals surface area (Å²) in [6.45, 7) is 1.89. The number of nitrogens with zero attached hydrogens (tertiary/aromatic N) is 4. The van der Waals surface area contributed by atoms with Crippen LogP contribution in [0.1, 0.15) is 18.5 Å². The number of sulfone groups is 1. The smallest absolute Gasteiger partial charge is 0.243 e. The topological polar surface area (TPSA) is 97.7 Å². The number of benzene rings is 1.